The summed E-state index contributed by atoms with van der Waals surface area (Å²) >= 11 is 1.65. The van der Waals surface area contributed by atoms with Crippen molar-refractivity contribution in [3.63, 3.8) is 0 Å². The lowest BCUT2D eigenvalue weighted by Gasteiger charge is -2.08. The molecule has 3 rings (SSSR count). The SMILES string of the molecule is CSc1nc2ncccc2cc1-c1ccccc1. The number of hydrogen-bond acceptors (Lipinski definition) is 3. The first kappa shape index (κ1) is 11.2. The smallest absolute Gasteiger partial charge is 0.160 e. The summed E-state index contributed by atoms with van der Waals surface area (Å²) in [6, 6.07) is 16.5. The summed E-state index contributed by atoms with van der Waals surface area (Å²) in [5.41, 5.74) is 3.17. The maximum atomic E-state index is 4.62. The highest BCUT2D eigenvalue weighted by molar-refractivity contribution is 7.98. The van der Waals surface area contributed by atoms with E-state index in [1.807, 2.05) is 36.6 Å². The van der Waals surface area contributed by atoms with Crippen LogP contribution in [-0.2, 0) is 0 Å². The Morgan fingerprint density at radius 2 is 1.83 bits per heavy atom. The van der Waals surface area contributed by atoms with Gasteiger partial charge >= 0.3 is 0 Å². The fourth-order valence-corrected chi connectivity index (χ4v) is 2.54. The lowest BCUT2D eigenvalue weighted by atomic mass is 10.1. The van der Waals surface area contributed by atoms with Crippen LogP contribution in [0.1, 0.15) is 0 Å². The zero-order valence-corrected chi connectivity index (χ0v) is 10.8. The van der Waals surface area contributed by atoms with Crippen LogP contribution in [0.25, 0.3) is 22.2 Å². The molecule has 3 heteroatoms. The maximum Gasteiger partial charge on any atom is 0.160 e. The predicted octanol–water partition coefficient (Wildman–Crippen LogP) is 4.02. The maximum absolute atomic E-state index is 4.62. The third-order valence-electron chi connectivity index (χ3n) is 2.83. The Kier molecular flexibility index (Phi) is 2.99. The van der Waals surface area contributed by atoms with Gasteiger partial charge in [-0.25, -0.2) is 9.97 Å². The van der Waals surface area contributed by atoms with Gasteiger partial charge in [-0.3, -0.25) is 0 Å². The van der Waals surface area contributed by atoms with Crippen LogP contribution in [0.5, 0.6) is 0 Å². The van der Waals surface area contributed by atoms with Crippen LogP contribution >= 0.6 is 11.8 Å². The largest absolute Gasteiger partial charge is 0.237 e. The molecule has 0 N–H and O–H groups in total. The first-order valence-corrected chi connectivity index (χ1v) is 6.96. The van der Waals surface area contributed by atoms with Crippen molar-refractivity contribution in [2.45, 2.75) is 5.03 Å². The van der Waals surface area contributed by atoms with E-state index in [2.05, 4.69) is 28.2 Å². The van der Waals surface area contributed by atoms with Crippen molar-refractivity contribution < 1.29 is 0 Å². The lowest BCUT2D eigenvalue weighted by molar-refractivity contribution is 1.15. The van der Waals surface area contributed by atoms with E-state index in [4.69, 9.17) is 0 Å². The van der Waals surface area contributed by atoms with Crippen LogP contribution in [0.15, 0.2) is 59.8 Å². The Morgan fingerprint density at radius 1 is 1.00 bits per heavy atom. The highest BCUT2D eigenvalue weighted by Gasteiger charge is 2.08. The van der Waals surface area contributed by atoms with E-state index >= 15 is 0 Å². The monoisotopic (exact) mass is 252 g/mol. The molecule has 2 heterocycles. The Labute approximate surface area is 110 Å². The number of pyridine rings is 2. The third kappa shape index (κ3) is 1.97. The van der Waals surface area contributed by atoms with E-state index in [1.165, 1.54) is 11.1 Å². The van der Waals surface area contributed by atoms with Gasteiger partial charge in [0.1, 0.15) is 5.03 Å². The van der Waals surface area contributed by atoms with Gasteiger partial charge in [-0.05, 0) is 30.0 Å². The molecule has 0 saturated carbocycles. The number of rotatable bonds is 2. The molecule has 0 aliphatic heterocycles. The minimum Gasteiger partial charge on any atom is -0.237 e. The average Bonchev–Trinajstić information content (AvgIpc) is 2.46. The number of hydrogen-bond donors (Lipinski definition) is 0. The van der Waals surface area contributed by atoms with Gasteiger partial charge < -0.3 is 0 Å². The molecule has 0 saturated heterocycles. The van der Waals surface area contributed by atoms with E-state index in [-0.39, 0.29) is 0 Å². The molecule has 0 fully saturated rings. The van der Waals surface area contributed by atoms with Crippen molar-refractivity contribution in [3.8, 4) is 11.1 Å². The van der Waals surface area contributed by atoms with Crippen LogP contribution in [-0.4, -0.2) is 16.2 Å². The highest BCUT2D eigenvalue weighted by Crippen LogP contribution is 2.30. The summed E-state index contributed by atoms with van der Waals surface area (Å²) < 4.78 is 0. The fourth-order valence-electron chi connectivity index (χ4n) is 1.97. The quantitative estimate of drug-likeness (QED) is 0.644. The van der Waals surface area contributed by atoms with E-state index in [0.29, 0.717) is 0 Å². The van der Waals surface area contributed by atoms with E-state index in [0.717, 1.165) is 16.1 Å². The van der Waals surface area contributed by atoms with Crippen molar-refractivity contribution in [1.82, 2.24) is 9.97 Å². The Balaban J connectivity index is 2.27. The summed E-state index contributed by atoms with van der Waals surface area (Å²) in [6.45, 7) is 0. The normalized spacial score (nSPS) is 10.7. The standard InChI is InChI=1S/C15H12N2S/c1-18-15-13(11-6-3-2-4-7-11)10-12-8-5-9-16-14(12)17-15/h2-10H,1H3. The van der Waals surface area contributed by atoms with Crippen LogP contribution in [0.2, 0.25) is 0 Å². The Morgan fingerprint density at radius 3 is 2.61 bits per heavy atom. The van der Waals surface area contributed by atoms with Gasteiger partial charge in [-0.1, -0.05) is 30.3 Å². The summed E-state index contributed by atoms with van der Waals surface area (Å²) in [5, 5.41) is 2.10. The Hall–Kier alpha value is -1.87. The number of nitrogens with zero attached hydrogens (tertiary/aromatic N) is 2. The Bertz CT molecular complexity index is 680. The van der Waals surface area contributed by atoms with Gasteiger partial charge in [0.25, 0.3) is 0 Å². The molecule has 3 aromatic rings. The number of benzene rings is 1. The molecule has 0 amide bonds. The topological polar surface area (TPSA) is 25.8 Å². The first-order valence-electron chi connectivity index (χ1n) is 5.73. The molecule has 0 spiro atoms. The van der Waals surface area contributed by atoms with Gasteiger partial charge in [0.15, 0.2) is 5.65 Å². The zero-order valence-electron chi connectivity index (χ0n) is 10.00. The summed E-state index contributed by atoms with van der Waals surface area (Å²) in [6.07, 6.45) is 3.82. The van der Waals surface area contributed by atoms with Crippen LogP contribution in [0.4, 0.5) is 0 Å². The minimum absolute atomic E-state index is 0.807. The fraction of sp³-hybridized carbons (Fsp3) is 0.0667. The predicted molar refractivity (Wildman–Crippen MR) is 76.8 cm³/mol. The summed E-state index contributed by atoms with van der Waals surface area (Å²) in [4.78, 5) is 8.92. The van der Waals surface area contributed by atoms with Gasteiger partial charge in [-0.15, -0.1) is 11.8 Å². The molecule has 0 bridgehead atoms. The molecule has 0 radical (unpaired) electrons. The zero-order chi connectivity index (χ0) is 12.4. The van der Waals surface area contributed by atoms with Crippen molar-refractivity contribution in [1.29, 1.82) is 0 Å². The van der Waals surface area contributed by atoms with Gasteiger partial charge in [0, 0.05) is 17.1 Å². The number of thioether (sulfide) groups is 1. The molecule has 0 aliphatic rings. The van der Waals surface area contributed by atoms with Crippen LogP contribution in [0.3, 0.4) is 0 Å². The molecule has 0 atom stereocenters. The summed E-state index contributed by atoms with van der Waals surface area (Å²) in [7, 11) is 0. The second kappa shape index (κ2) is 4.78. The summed E-state index contributed by atoms with van der Waals surface area (Å²) in [5.74, 6) is 0. The molecule has 2 aromatic heterocycles. The first-order chi connectivity index (χ1) is 8.88. The highest BCUT2D eigenvalue weighted by atomic mass is 32.2. The van der Waals surface area contributed by atoms with Gasteiger partial charge in [-0.2, -0.15) is 0 Å². The second-order valence-electron chi connectivity index (χ2n) is 3.96. The van der Waals surface area contributed by atoms with Crippen molar-refractivity contribution in [2.75, 3.05) is 6.26 Å². The molecular weight excluding hydrogens is 240 g/mol. The second-order valence-corrected chi connectivity index (χ2v) is 4.76. The average molecular weight is 252 g/mol. The van der Waals surface area contributed by atoms with E-state index < -0.39 is 0 Å². The molecule has 0 aliphatic carbocycles. The molecular formula is C15H12N2S. The molecule has 2 nitrogen and oxygen atoms in total. The van der Waals surface area contributed by atoms with Crippen molar-refractivity contribution in [3.05, 3.63) is 54.7 Å². The minimum atomic E-state index is 0.807. The van der Waals surface area contributed by atoms with Crippen LogP contribution < -0.4 is 0 Å². The van der Waals surface area contributed by atoms with Gasteiger partial charge in [0.2, 0.25) is 0 Å². The number of fused-ring (bicyclic) bond motifs is 1. The van der Waals surface area contributed by atoms with Crippen LogP contribution in [0, 0.1) is 0 Å². The van der Waals surface area contributed by atoms with E-state index in [1.54, 1.807) is 18.0 Å². The lowest BCUT2D eigenvalue weighted by Crippen LogP contribution is -1.90. The molecule has 18 heavy (non-hydrogen) atoms. The molecule has 88 valence electrons. The third-order valence-corrected chi connectivity index (χ3v) is 3.53. The van der Waals surface area contributed by atoms with E-state index in [9.17, 15) is 0 Å². The molecule has 0 unspecified atom stereocenters. The number of aromatic nitrogens is 2. The van der Waals surface area contributed by atoms with Crippen molar-refractivity contribution >= 4 is 22.8 Å². The molecule has 1 aromatic carbocycles. The van der Waals surface area contributed by atoms with Crippen molar-refractivity contribution in [2.24, 2.45) is 0 Å². The van der Waals surface area contributed by atoms with Gasteiger partial charge in [0.05, 0.1) is 0 Å².